The lowest BCUT2D eigenvalue weighted by Crippen LogP contribution is -2.49. The zero-order chi connectivity index (χ0) is 31.0. The Balaban J connectivity index is 0.00000110. The molecular weight excluding hydrogens is 593 g/mol. The van der Waals surface area contributed by atoms with Gasteiger partial charge in [0.25, 0.3) is 6.47 Å². The van der Waals surface area contributed by atoms with Gasteiger partial charge in [0.2, 0.25) is 5.95 Å². The van der Waals surface area contributed by atoms with Crippen molar-refractivity contribution in [1.29, 1.82) is 0 Å². The lowest BCUT2D eigenvalue weighted by atomic mass is 10.0. The minimum Gasteiger partial charge on any atom is -0.486 e. The predicted octanol–water partition coefficient (Wildman–Crippen LogP) is 7.89. The highest BCUT2D eigenvalue weighted by Gasteiger charge is 2.39. The molecule has 1 atom stereocenters. The summed E-state index contributed by atoms with van der Waals surface area (Å²) in [5.41, 5.74) is 4.87. The Morgan fingerprint density at radius 1 is 0.977 bits per heavy atom. The topological polar surface area (TPSA) is 70.8 Å². The molecule has 0 amide bonds. The van der Waals surface area contributed by atoms with Crippen LogP contribution >= 0.6 is 11.6 Å². The minimum absolute atomic E-state index is 0.0544. The van der Waals surface area contributed by atoms with Crippen molar-refractivity contribution in [3.05, 3.63) is 106 Å². The SMILES string of the molecule is Cc1ccc2nc3n(c2c1)CC1CCCN1N3c1ccc(-c2ccc(F)c(OCc3ccc(Cl)cc3F)c2)cc1F.O=CO. The molecule has 3 heterocycles. The van der Waals surface area contributed by atoms with Crippen LogP contribution in [0.1, 0.15) is 24.0 Å². The zero-order valence-electron chi connectivity index (χ0n) is 23.7. The first kappa shape index (κ1) is 29.5. The van der Waals surface area contributed by atoms with Crippen LogP contribution in [0.3, 0.4) is 0 Å². The summed E-state index contributed by atoms with van der Waals surface area (Å²) in [6, 6.07) is 20.0. The number of anilines is 2. The molecule has 7 rings (SSSR count). The standard InChI is InChI=1S/C32H26ClF3N4O.CH2O2/c1-19-4-10-28-30(13-19)38-17-24-3-2-12-39(24)40(32(38)37-28)29-11-7-20(14-27(29)36)21-6-9-25(34)31(15-21)41-18-22-5-8-23(33)16-26(22)35;2-1-3/h4-11,13-16,24H,2-3,12,17-18H2,1H3;1H,(H,2,3). The van der Waals surface area contributed by atoms with E-state index in [0.717, 1.165) is 42.5 Å². The van der Waals surface area contributed by atoms with Crippen LogP contribution < -0.4 is 9.75 Å². The van der Waals surface area contributed by atoms with Crippen LogP contribution in [-0.2, 0) is 17.9 Å². The van der Waals surface area contributed by atoms with Gasteiger partial charge in [-0.1, -0.05) is 35.9 Å². The van der Waals surface area contributed by atoms with Crippen LogP contribution in [-0.4, -0.2) is 38.7 Å². The van der Waals surface area contributed by atoms with Gasteiger partial charge >= 0.3 is 0 Å². The van der Waals surface area contributed by atoms with E-state index in [1.807, 2.05) is 23.2 Å². The molecule has 2 aliphatic heterocycles. The summed E-state index contributed by atoms with van der Waals surface area (Å²) in [5.74, 6) is -0.903. The van der Waals surface area contributed by atoms with Crippen molar-refractivity contribution in [2.75, 3.05) is 11.6 Å². The van der Waals surface area contributed by atoms with Gasteiger partial charge in [0.05, 0.1) is 16.7 Å². The van der Waals surface area contributed by atoms with Crippen molar-refractivity contribution >= 4 is 40.7 Å². The third-order valence-electron chi connectivity index (χ3n) is 7.91. The van der Waals surface area contributed by atoms with Crippen LogP contribution in [0.5, 0.6) is 5.75 Å². The molecule has 0 aliphatic carbocycles. The minimum atomic E-state index is -0.595. The van der Waals surface area contributed by atoms with Gasteiger partial charge in [-0.25, -0.2) is 28.2 Å². The van der Waals surface area contributed by atoms with E-state index in [4.69, 9.17) is 31.2 Å². The Hall–Kier alpha value is -4.54. The molecule has 1 unspecified atom stereocenters. The number of rotatable bonds is 5. The van der Waals surface area contributed by atoms with E-state index in [-0.39, 0.29) is 35.5 Å². The first-order valence-corrected chi connectivity index (χ1v) is 14.4. The lowest BCUT2D eigenvalue weighted by Gasteiger charge is -2.41. The molecule has 5 aromatic rings. The van der Waals surface area contributed by atoms with Crippen molar-refractivity contribution < 1.29 is 27.8 Å². The molecule has 1 fully saturated rings. The summed E-state index contributed by atoms with van der Waals surface area (Å²) >= 11 is 5.82. The monoisotopic (exact) mass is 620 g/mol. The largest absolute Gasteiger partial charge is 0.486 e. The zero-order valence-corrected chi connectivity index (χ0v) is 24.4. The molecule has 226 valence electrons. The second-order valence-electron chi connectivity index (χ2n) is 10.7. The van der Waals surface area contributed by atoms with E-state index in [1.165, 1.54) is 30.3 Å². The summed E-state index contributed by atoms with van der Waals surface area (Å²) in [6.45, 7) is 3.26. The third kappa shape index (κ3) is 5.58. The molecule has 0 saturated carbocycles. The number of aromatic nitrogens is 2. The third-order valence-corrected chi connectivity index (χ3v) is 8.14. The number of ether oxygens (including phenoxy) is 1. The first-order valence-electron chi connectivity index (χ1n) is 14.0. The summed E-state index contributed by atoms with van der Waals surface area (Å²) in [4.78, 5) is 13.3. The van der Waals surface area contributed by atoms with E-state index in [9.17, 15) is 8.78 Å². The van der Waals surface area contributed by atoms with E-state index >= 15 is 4.39 Å². The first-order chi connectivity index (χ1) is 21.3. The van der Waals surface area contributed by atoms with E-state index in [2.05, 4.69) is 22.6 Å². The Labute approximate surface area is 256 Å². The van der Waals surface area contributed by atoms with E-state index in [0.29, 0.717) is 22.8 Å². The summed E-state index contributed by atoms with van der Waals surface area (Å²) in [5, 5.41) is 11.3. The second kappa shape index (κ2) is 12.2. The van der Waals surface area contributed by atoms with Crippen molar-refractivity contribution in [2.24, 2.45) is 0 Å². The Morgan fingerprint density at radius 2 is 1.75 bits per heavy atom. The predicted molar refractivity (Wildman–Crippen MR) is 163 cm³/mol. The molecule has 2 aliphatic rings. The molecule has 1 saturated heterocycles. The number of hydrogen-bond acceptors (Lipinski definition) is 5. The average molecular weight is 621 g/mol. The number of hydrazine groups is 1. The molecule has 7 nitrogen and oxygen atoms in total. The molecule has 0 radical (unpaired) electrons. The second-order valence-corrected chi connectivity index (χ2v) is 11.2. The molecular formula is C33H28ClF3N4O3. The van der Waals surface area contributed by atoms with Crippen LogP contribution in [0.15, 0.2) is 72.8 Å². The fourth-order valence-corrected chi connectivity index (χ4v) is 6.01. The van der Waals surface area contributed by atoms with Gasteiger partial charge in [-0.3, -0.25) is 4.79 Å². The summed E-state index contributed by atoms with van der Waals surface area (Å²) in [6.07, 6.45) is 2.06. The normalized spacial score (nSPS) is 15.8. The maximum Gasteiger partial charge on any atom is 0.290 e. The molecule has 1 aromatic heterocycles. The van der Waals surface area contributed by atoms with Crippen molar-refractivity contribution in [3.63, 3.8) is 0 Å². The van der Waals surface area contributed by atoms with Gasteiger partial charge in [0.1, 0.15) is 18.2 Å². The average Bonchev–Trinajstić information content (AvgIpc) is 3.61. The van der Waals surface area contributed by atoms with Gasteiger partial charge < -0.3 is 14.4 Å². The highest BCUT2D eigenvalue weighted by Crippen LogP contribution is 2.41. The molecule has 44 heavy (non-hydrogen) atoms. The fraction of sp³-hybridized carbons (Fsp3) is 0.212. The Morgan fingerprint density at radius 3 is 2.52 bits per heavy atom. The maximum absolute atomic E-state index is 16.0. The number of aryl methyl sites for hydroxylation is 1. The highest BCUT2D eigenvalue weighted by molar-refractivity contribution is 6.30. The number of hydrogen-bond donors (Lipinski definition) is 1. The number of carbonyl (C=O) groups is 1. The lowest BCUT2D eigenvalue weighted by molar-refractivity contribution is -0.122. The van der Waals surface area contributed by atoms with Crippen molar-refractivity contribution in [2.45, 2.75) is 39.0 Å². The number of fused-ring (bicyclic) bond motifs is 4. The molecule has 11 heteroatoms. The van der Waals surface area contributed by atoms with Gasteiger partial charge in [-0.2, -0.15) is 0 Å². The Kier molecular flexibility index (Phi) is 8.20. The van der Waals surface area contributed by atoms with Gasteiger partial charge in [-0.15, -0.1) is 0 Å². The van der Waals surface area contributed by atoms with Crippen LogP contribution in [0.2, 0.25) is 5.02 Å². The van der Waals surface area contributed by atoms with Gasteiger partial charge in [-0.05, 0) is 85.0 Å². The number of carboxylic acid groups (broad SMARTS) is 1. The van der Waals surface area contributed by atoms with Crippen LogP contribution in [0, 0.1) is 24.4 Å². The Bertz CT molecular complexity index is 1860. The van der Waals surface area contributed by atoms with Gasteiger partial charge in [0.15, 0.2) is 11.6 Å². The van der Waals surface area contributed by atoms with E-state index < -0.39 is 17.5 Å². The highest BCUT2D eigenvalue weighted by atomic mass is 35.5. The van der Waals surface area contributed by atoms with Gasteiger partial charge in [0, 0.05) is 29.7 Å². The summed E-state index contributed by atoms with van der Waals surface area (Å²) in [7, 11) is 0. The quantitative estimate of drug-likeness (QED) is 0.202. The number of imidazole rings is 1. The summed E-state index contributed by atoms with van der Waals surface area (Å²) < 4.78 is 52.5. The number of halogens is 4. The maximum atomic E-state index is 16.0. The number of benzene rings is 4. The molecule has 0 bridgehead atoms. The van der Waals surface area contributed by atoms with Crippen molar-refractivity contribution in [3.8, 4) is 16.9 Å². The fourth-order valence-electron chi connectivity index (χ4n) is 5.85. The molecule has 0 spiro atoms. The van der Waals surface area contributed by atoms with Crippen LogP contribution in [0.25, 0.3) is 22.2 Å². The van der Waals surface area contributed by atoms with E-state index in [1.54, 1.807) is 18.2 Å². The molecule has 4 aromatic carbocycles. The van der Waals surface area contributed by atoms with Crippen LogP contribution in [0.4, 0.5) is 24.8 Å². The number of nitrogens with zero attached hydrogens (tertiary/aromatic N) is 4. The molecule has 1 N–H and O–H groups in total. The van der Waals surface area contributed by atoms with Crippen molar-refractivity contribution in [1.82, 2.24) is 14.6 Å². The smallest absolute Gasteiger partial charge is 0.290 e.